The molecule has 3 aromatic heterocycles. The average molecular weight is 468 g/mol. The number of nitriles is 3. The fraction of sp³-hybridized carbons (Fsp3) is 0. The molecule has 1 aliphatic rings. The Bertz CT molecular complexity index is 2010. The highest BCUT2D eigenvalue weighted by atomic mass is 14.9. The largest absolute Gasteiger partial charge is 0.361 e. The van der Waals surface area contributed by atoms with Crippen LogP contribution in [0, 0.1) is 53.7 Å². The molecule has 0 radical (unpaired) electrons. The Kier molecular flexibility index (Phi) is 3.74. The SMILES string of the molecule is [2H]c1nc(C#N)c([2H])c(/C(C#N)=C2/C(=C(/[N+]#[C-])c3c([2H])c([2H])nc([N+]#[C-])c3[2H])/C2=C(/C#N)c2c([2H])c([2H])nc([N+]#[C-])c2[2H])c1[2H]. The highest BCUT2D eigenvalue weighted by molar-refractivity contribution is 6.11. The number of hydrogen-bond donors (Lipinski definition) is 0. The standard InChI is InChI=1S/C27H9N9/c1-31-22-11-17(5-8-35-22)21(15-30)25-24(20(14-29)16-4-7-34-19(10-16)13-28)26(25)27(33-3)18-6-9-36-23(12-18)32-2/h4-12H/b24-20+,25-21-,27-26-/i4D,5D,6D,7D,8D,9D,10D,11D,12D. The highest BCUT2D eigenvalue weighted by Crippen LogP contribution is 2.56. The number of aromatic nitrogens is 3. The Morgan fingerprint density at radius 1 is 0.722 bits per heavy atom. The molecule has 9 nitrogen and oxygen atoms in total. The quantitative estimate of drug-likeness (QED) is 0.372. The molecule has 0 N–H and O–H groups in total. The minimum atomic E-state index is -0.790. The molecule has 0 amide bonds. The maximum absolute atomic E-state index is 10.3. The first kappa shape index (κ1) is 14.0. The first-order chi connectivity index (χ1) is 21.3. The molecule has 0 aromatic carbocycles. The number of allylic oxidation sites excluding steroid dienone is 5. The molecule has 3 heterocycles. The third-order valence-electron chi connectivity index (χ3n) is 4.57. The number of pyridine rings is 3. The molecule has 0 saturated heterocycles. The van der Waals surface area contributed by atoms with E-state index in [0.717, 1.165) is 0 Å². The van der Waals surface area contributed by atoms with Crippen molar-refractivity contribution in [3.63, 3.8) is 0 Å². The van der Waals surface area contributed by atoms with Gasteiger partial charge < -0.3 is 9.69 Å². The lowest BCUT2D eigenvalue weighted by Gasteiger charge is -1.99. The van der Waals surface area contributed by atoms with Gasteiger partial charge in [-0.05, 0) is 69.7 Å². The second-order valence-electron chi connectivity index (χ2n) is 6.44. The molecule has 1 fully saturated rings. The van der Waals surface area contributed by atoms with E-state index >= 15 is 0 Å². The summed E-state index contributed by atoms with van der Waals surface area (Å²) in [5, 5.41) is 30.0. The van der Waals surface area contributed by atoms with Crippen LogP contribution in [0.1, 0.15) is 34.7 Å². The van der Waals surface area contributed by atoms with Gasteiger partial charge in [0.1, 0.15) is 39.0 Å². The zero-order chi connectivity index (χ0) is 33.5. The smallest absolute Gasteiger partial charge is 0.270 e. The van der Waals surface area contributed by atoms with E-state index in [0.29, 0.717) is 0 Å². The molecule has 4 rings (SSSR count). The van der Waals surface area contributed by atoms with Crippen LogP contribution in [0.4, 0.5) is 11.6 Å². The van der Waals surface area contributed by atoms with E-state index in [4.69, 9.17) is 32.1 Å². The van der Waals surface area contributed by atoms with Crippen molar-refractivity contribution in [3.8, 4) is 18.2 Å². The lowest BCUT2D eigenvalue weighted by molar-refractivity contribution is 1.25. The van der Waals surface area contributed by atoms with Crippen molar-refractivity contribution in [1.82, 2.24) is 15.0 Å². The van der Waals surface area contributed by atoms with Crippen molar-refractivity contribution in [2.75, 3.05) is 0 Å². The van der Waals surface area contributed by atoms with E-state index in [1.54, 1.807) is 18.2 Å². The maximum Gasteiger partial charge on any atom is 0.270 e. The highest BCUT2D eigenvalue weighted by Gasteiger charge is 2.41. The third kappa shape index (κ3) is 4.03. The summed E-state index contributed by atoms with van der Waals surface area (Å²) < 4.78 is 74.3. The van der Waals surface area contributed by atoms with Gasteiger partial charge in [0.2, 0.25) is 5.70 Å². The molecule has 9 heteroatoms. The zero-order valence-electron chi connectivity index (χ0n) is 26.5. The van der Waals surface area contributed by atoms with Gasteiger partial charge >= 0.3 is 0 Å². The molecular formula is C27H9N9. The van der Waals surface area contributed by atoms with Crippen LogP contribution < -0.4 is 0 Å². The second-order valence-corrected chi connectivity index (χ2v) is 6.44. The first-order valence-corrected chi connectivity index (χ1v) is 9.35. The van der Waals surface area contributed by atoms with Gasteiger partial charge in [0.05, 0.1) is 27.3 Å². The Labute approximate surface area is 218 Å². The second kappa shape index (κ2) is 9.62. The predicted octanol–water partition coefficient (Wildman–Crippen LogP) is 5.44. The summed E-state index contributed by atoms with van der Waals surface area (Å²) in [6.45, 7) is 22.5. The van der Waals surface area contributed by atoms with Gasteiger partial charge in [0.15, 0.2) is 0 Å². The van der Waals surface area contributed by atoms with Crippen molar-refractivity contribution in [3.05, 3.63) is 128 Å². The Morgan fingerprint density at radius 2 is 1.22 bits per heavy atom. The van der Waals surface area contributed by atoms with E-state index in [1.165, 1.54) is 0 Å². The van der Waals surface area contributed by atoms with Crippen LogP contribution in [0.5, 0.6) is 0 Å². The van der Waals surface area contributed by atoms with Gasteiger partial charge in [0, 0.05) is 6.17 Å². The van der Waals surface area contributed by atoms with E-state index < -0.39 is 106 Å². The average Bonchev–Trinajstić information content (AvgIpc) is 3.74. The minimum Gasteiger partial charge on any atom is -0.361 e. The maximum atomic E-state index is 10.3. The van der Waals surface area contributed by atoms with Crippen molar-refractivity contribution in [2.45, 2.75) is 0 Å². The Morgan fingerprint density at radius 3 is 1.72 bits per heavy atom. The lowest BCUT2D eigenvalue weighted by Crippen LogP contribution is -1.87. The van der Waals surface area contributed by atoms with Gasteiger partial charge in [0.25, 0.3) is 11.6 Å². The summed E-state index contributed by atoms with van der Waals surface area (Å²) in [5.74, 6) is -1.29. The van der Waals surface area contributed by atoms with E-state index in [-0.39, 0.29) is 16.7 Å². The summed E-state index contributed by atoms with van der Waals surface area (Å²) in [6.07, 6.45) is -2.36. The molecule has 162 valence electrons. The van der Waals surface area contributed by atoms with Crippen molar-refractivity contribution in [2.24, 2.45) is 0 Å². The summed E-state index contributed by atoms with van der Waals surface area (Å²) >= 11 is 0. The fourth-order valence-corrected chi connectivity index (χ4v) is 3.09. The number of nitrogens with zero attached hydrogens (tertiary/aromatic N) is 9. The van der Waals surface area contributed by atoms with E-state index in [2.05, 4.69) is 29.5 Å². The summed E-state index contributed by atoms with van der Waals surface area (Å²) in [4.78, 5) is 20.1. The molecule has 1 saturated carbocycles. The third-order valence-corrected chi connectivity index (χ3v) is 4.57. The van der Waals surface area contributed by atoms with Crippen LogP contribution in [0.3, 0.4) is 0 Å². The Balaban J connectivity index is 2.36. The van der Waals surface area contributed by atoms with Crippen LogP contribution in [0.2, 0.25) is 0 Å². The van der Waals surface area contributed by atoms with Gasteiger partial charge in [-0.25, -0.2) is 9.83 Å². The predicted molar refractivity (Wildman–Crippen MR) is 129 cm³/mol. The molecule has 1 aliphatic carbocycles. The van der Waals surface area contributed by atoms with Crippen LogP contribution in [0.25, 0.3) is 31.4 Å². The number of hydrogen-bond acceptors (Lipinski definition) is 6. The molecule has 0 bridgehead atoms. The van der Waals surface area contributed by atoms with Gasteiger partial charge in [-0.3, -0.25) is 0 Å². The van der Waals surface area contributed by atoms with Crippen LogP contribution in [0.15, 0.2) is 71.5 Å². The molecule has 0 unspecified atom stereocenters. The Hall–Kier alpha value is -6.39. The molecule has 3 aromatic rings. The molecule has 36 heavy (non-hydrogen) atoms. The summed E-state index contributed by atoms with van der Waals surface area (Å²) in [7, 11) is 0. The van der Waals surface area contributed by atoms with Gasteiger partial charge in [-0.2, -0.15) is 15.8 Å². The molecule has 0 spiro atoms. The summed E-state index contributed by atoms with van der Waals surface area (Å²) in [5.41, 5.74) is -5.38. The summed E-state index contributed by atoms with van der Waals surface area (Å²) in [6, 6.07) is 0.517. The van der Waals surface area contributed by atoms with Crippen LogP contribution in [-0.2, 0) is 0 Å². The normalized spacial score (nSPS) is 19.0. The molecule has 0 aliphatic heterocycles. The van der Waals surface area contributed by atoms with Crippen LogP contribution in [-0.4, -0.2) is 15.0 Å². The number of rotatable bonds is 3. The van der Waals surface area contributed by atoms with E-state index in [1.807, 2.05) is 0 Å². The van der Waals surface area contributed by atoms with Crippen molar-refractivity contribution in [1.29, 1.82) is 15.8 Å². The topological polar surface area (TPSA) is 123 Å². The zero-order valence-corrected chi connectivity index (χ0v) is 17.5. The minimum absolute atomic E-state index is 0.365. The first-order valence-electron chi connectivity index (χ1n) is 13.9. The van der Waals surface area contributed by atoms with Crippen LogP contribution >= 0.6 is 0 Å². The molecular weight excluding hydrogens is 450 g/mol. The van der Waals surface area contributed by atoms with E-state index in [9.17, 15) is 15.8 Å². The lowest BCUT2D eigenvalue weighted by atomic mass is 10.0. The molecule has 0 atom stereocenters. The monoisotopic (exact) mass is 468 g/mol. The van der Waals surface area contributed by atoms with Gasteiger partial charge in [-0.1, -0.05) is 13.1 Å². The van der Waals surface area contributed by atoms with Crippen molar-refractivity contribution < 1.29 is 12.3 Å². The fourth-order valence-electron chi connectivity index (χ4n) is 3.09. The van der Waals surface area contributed by atoms with Gasteiger partial charge in [-0.15, -0.1) is 9.97 Å². The van der Waals surface area contributed by atoms with Crippen molar-refractivity contribution >= 4 is 28.5 Å².